The number of amides is 1. The molecule has 1 heterocycles. The van der Waals surface area contributed by atoms with Gasteiger partial charge in [0.15, 0.2) is 0 Å². The minimum atomic E-state index is 0.0953. The Kier molecular flexibility index (Phi) is 6.35. The number of carbonyl (C=O) groups excluding carboxylic acids is 1. The number of aryl methyl sites for hydroxylation is 2. The minimum Gasteiger partial charge on any atom is -0.495 e. The van der Waals surface area contributed by atoms with Crippen LogP contribution in [0.15, 0.2) is 42.5 Å². The second kappa shape index (κ2) is 8.91. The fourth-order valence-corrected chi connectivity index (χ4v) is 3.54. The van der Waals surface area contributed by atoms with Crippen LogP contribution in [0, 0.1) is 13.8 Å². The lowest BCUT2D eigenvalue weighted by molar-refractivity contribution is -0.900. The highest BCUT2D eigenvalue weighted by molar-refractivity contribution is 5.90. The van der Waals surface area contributed by atoms with Crippen LogP contribution in [0.4, 0.5) is 11.4 Å². The summed E-state index contributed by atoms with van der Waals surface area (Å²) in [7, 11) is 1.72. The summed E-state index contributed by atoms with van der Waals surface area (Å²) in [6.45, 7) is 9.05. The van der Waals surface area contributed by atoms with Crippen LogP contribution in [0.2, 0.25) is 0 Å². The summed E-state index contributed by atoms with van der Waals surface area (Å²) in [6.07, 6.45) is 0.552. The van der Waals surface area contributed by atoms with E-state index in [0.717, 1.165) is 49.8 Å². The zero-order valence-electron chi connectivity index (χ0n) is 16.5. The van der Waals surface area contributed by atoms with Crippen LogP contribution in [-0.4, -0.2) is 45.7 Å². The van der Waals surface area contributed by atoms with Gasteiger partial charge in [-0.25, -0.2) is 0 Å². The van der Waals surface area contributed by atoms with Crippen molar-refractivity contribution in [1.82, 2.24) is 0 Å². The molecule has 0 radical (unpaired) electrons. The standard InChI is InChI=1S/C22H29N3O2/c1-17-8-9-19(16-18(17)2)23-22(26)10-11-24-12-14-25(15-13-24)20-6-4-5-7-21(20)27-3/h4-9,16H,10-15H2,1-3H3,(H,23,26)/p+1. The molecule has 1 amide bonds. The van der Waals surface area contributed by atoms with Crippen molar-refractivity contribution in [3.8, 4) is 5.75 Å². The number of nitrogens with one attached hydrogen (secondary N) is 2. The predicted molar refractivity (Wildman–Crippen MR) is 110 cm³/mol. The van der Waals surface area contributed by atoms with Crippen LogP contribution < -0.4 is 19.9 Å². The number of nitrogens with zero attached hydrogens (tertiary/aromatic N) is 1. The molecule has 1 fully saturated rings. The summed E-state index contributed by atoms with van der Waals surface area (Å²) in [6, 6.07) is 14.2. The first kappa shape index (κ1) is 19.2. The molecule has 2 aromatic rings. The normalized spacial score (nSPS) is 14.9. The van der Waals surface area contributed by atoms with E-state index in [1.807, 2.05) is 36.4 Å². The van der Waals surface area contributed by atoms with E-state index < -0.39 is 0 Å². The summed E-state index contributed by atoms with van der Waals surface area (Å²) in [5.41, 5.74) is 4.49. The van der Waals surface area contributed by atoms with Gasteiger partial charge in [0.05, 0.1) is 51.9 Å². The van der Waals surface area contributed by atoms with Gasteiger partial charge in [-0.15, -0.1) is 0 Å². The highest BCUT2D eigenvalue weighted by atomic mass is 16.5. The summed E-state index contributed by atoms with van der Waals surface area (Å²) < 4.78 is 5.48. The Morgan fingerprint density at radius 2 is 1.85 bits per heavy atom. The molecule has 5 nitrogen and oxygen atoms in total. The molecule has 0 aliphatic carbocycles. The molecule has 27 heavy (non-hydrogen) atoms. The fraction of sp³-hybridized carbons (Fsp3) is 0.409. The highest BCUT2D eigenvalue weighted by Gasteiger charge is 2.22. The molecule has 0 saturated carbocycles. The van der Waals surface area contributed by atoms with Crippen molar-refractivity contribution >= 4 is 17.3 Å². The number of carbonyl (C=O) groups is 1. The van der Waals surface area contributed by atoms with Crippen molar-refractivity contribution in [3.63, 3.8) is 0 Å². The lowest BCUT2D eigenvalue weighted by Gasteiger charge is -2.34. The summed E-state index contributed by atoms with van der Waals surface area (Å²) >= 11 is 0. The van der Waals surface area contributed by atoms with Crippen molar-refractivity contribution in [3.05, 3.63) is 53.6 Å². The zero-order valence-corrected chi connectivity index (χ0v) is 16.5. The number of ether oxygens (including phenoxy) is 1. The number of quaternary nitrogens is 1. The Balaban J connectivity index is 1.45. The second-order valence-corrected chi connectivity index (χ2v) is 7.26. The molecule has 144 valence electrons. The number of methoxy groups -OCH3 is 1. The zero-order chi connectivity index (χ0) is 19.2. The van der Waals surface area contributed by atoms with Gasteiger partial charge in [0.25, 0.3) is 0 Å². The molecule has 1 aliphatic rings. The van der Waals surface area contributed by atoms with Crippen LogP contribution in [0.25, 0.3) is 0 Å². The monoisotopic (exact) mass is 368 g/mol. The first-order valence-corrected chi connectivity index (χ1v) is 9.65. The van der Waals surface area contributed by atoms with Gasteiger partial charge < -0.3 is 19.9 Å². The maximum atomic E-state index is 12.3. The van der Waals surface area contributed by atoms with Gasteiger partial charge in [-0.1, -0.05) is 18.2 Å². The molecule has 1 saturated heterocycles. The molecular weight excluding hydrogens is 338 g/mol. The van der Waals surface area contributed by atoms with E-state index in [1.54, 1.807) is 7.11 Å². The minimum absolute atomic E-state index is 0.0953. The summed E-state index contributed by atoms with van der Waals surface area (Å²) in [5.74, 6) is 1.02. The second-order valence-electron chi connectivity index (χ2n) is 7.26. The third-order valence-electron chi connectivity index (χ3n) is 5.39. The number of piperazine rings is 1. The van der Waals surface area contributed by atoms with Gasteiger partial charge in [-0.3, -0.25) is 4.79 Å². The molecule has 2 N–H and O–H groups in total. The van der Waals surface area contributed by atoms with Crippen LogP contribution >= 0.6 is 0 Å². The number of hydrogen-bond acceptors (Lipinski definition) is 3. The number of para-hydroxylation sites is 2. The Bertz CT molecular complexity index is 783. The van der Waals surface area contributed by atoms with E-state index in [9.17, 15) is 4.79 Å². The summed E-state index contributed by atoms with van der Waals surface area (Å²) in [5, 5.41) is 3.02. The topological polar surface area (TPSA) is 46.0 Å². The van der Waals surface area contributed by atoms with Gasteiger partial charge in [-0.05, 0) is 49.2 Å². The number of hydrogen-bond donors (Lipinski definition) is 2. The third-order valence-corrected chi connectivity index (χ3v) is 5.39. The van der Waals surface area contributed by atoms with Gasteiger partial charge in [0, 0.05) is 5.69 Å². The fourth-order valence-electron chi connectivity index (χ4n) is 3.54. The van der Waals surface area contributed by atoms with E-state index >= 15 is 0 Å². The molecule has 3 rings (SSSR count). The van der Waals surface area contributed by atoms with Crippen molar-refractivity contribution in [1.29, 1.82) is 0 Å². The quantitative estimate of drug-likeness (QED) is 0.820. The molecular formula is C22H30N3O2+. The SMILES string of the molecule is COc1ccccc1N1CC[NH+](CCC(=O)Nc2ccc(C)c(C)c2)CC1. The third kappa shape index (κ3) is 5.01. The average molecular weight is 369 g/mol. The van der Waals surface area contributed by atoms with Crippen molar-refractivity contribution in [2.24, 2.45) is 0 Å². The van der Waals surface area contributed by atoms with Gasteiger partial charge in [0.1, 0.15) is 5.75 Å². The molecule has 5 heteroatoms. The Morgan fingerprint density at radius 3 is 2.56 bits per heavy atom. The number of rotatable bonds is 6. The Hall–Kier alpha value is -2.53. The van der Waals surface area contributed by atoms with Crippen LogP contribution in [0.1, 0.15) is 17.5 Å². The molecule has 1 aliphatic heterocycles. The van der Waals surface area contributed by atoms with E-state index in [4.69, 9.17) is 4.74 Å². The lowest BCUT2D eigenvalue weighted by Crippen LogP contribution is -3.15. The maximum Gasteiger partial charge on any atom is 0.230 e. The summed E-state index contributed by atoms with van der Waals surface area (Å²) in [4.78, 5) is 16.1. The molecule has 0 bridgehead atoms. The lowest BCUT2D eigenvalue weighted by atomic mass is 10.1. The maximum absolute atomic E-state index is 12.3. The van der Waals surface area contributed by atoms with E-state index in [-0.39, 0.29) is 5.91 Å². The van der Waals surface area contributed by atoms with Gasteiger partial charge in [-0.2, -0.15) is 0 Å². The molecule has 2 aromatic carbocycles. The number of anilines is 2. The Labute approximate surface area is 161 Å². The smallest absolute Gasteiger partial charge is 0.230 e. The van der Waals surface area contributed by atoms with Crippen LogP contribution in [0.3, 0.4) is 0 Å². The van der Waals surface area contributed by atoms with Crippen molar-refractivity contribution < 1.29 is 14.4 Å². The predicted octanol–water partition coefficient (Wildman–Crippen LogP) is 2.05. The van der Waals surface area contributed by atoms with Crippen molar-refractivity contribution in [2.45, 2.75) is 20.3 Å². The molecule has 0 unspecified atom stereocenters. The first-order chi connectivity index (χ1) is 13.1. The van der Waals surface area contributed by atoms with E-state index in [0.29, 0.717) is 6.42 Å². The van der Waals surface area contributed by atoms with E-state index in [1.165, 1.54) is 16.0 Å². The largest absolute Gasteiger partial charge is 0.495 e. The highest BCUT2D eigenvalue weighted by Crippen LogP contribution is 2.27. The average Bonchev–Trinajstić information content (AvgIpc) is 2.69. The van der Waals surface area contributed by atoms with Crippen molar-refractivity contribution in [2.75, 3.05) is 50.1 Å². The van der Waals surface area contributed by atoms with E-state index in [2.05, 4.69) is 30.1 Å². The first-order valence-electron chi connectivity index (χ1n) is 9.65. The van der Waals surface area contributed by atoms with Crippen LogP contribution in [-0.2, 0) is 4.79 Å². The van der Waals surface area contributed by atoms with Gasteiger partial charge >= 0.3 is 0 Å². The van der Waals surface area contributed by atoms with Crippen LogP contribution in [0.5, 0.6) is 5.75 Å². The van der Waals surface area contributed by atoms with Gasteiger partial charge in [0.2, 0.25) is 5.91 Å². The molecule has 0 spiro atoms. The molecule has 0 atom stereocenters. The molecule has 0 aromatic heterocycles. The Morgan fingerprint density at radius 1 is 1.11 bits per heavy atom. The number of benzene rings is 2.